The second-order valence-corrected chi connectivity index (χ2v) is 8.47. The predicted molar refractivity (Wildman–Crippen MR) is 83.8 cm³/mol. The molecule has 114 valence electrons. The van der Waals surface area contributed by atoms with E-state index in [9.17, 15) is 8.42 Å². The predicted octanol–water partition coefficient (Wildman–Crippen LogP) is 2.51. The van der Waals surface area contributed by atoms with Crippen molar-refractivity contribution < 1.29 is 8.42 Å². The molecule has 0 aliphatic heterocycles. The number of nitrogens with one attached hydrogen (secondary N) is 2. The monoisotopic (exact) mass is 316 g/mol. The molecule has 0 spiro atoms. The normalized spacial score (nSPS) is 15.7. The highest BCUT2D eigenvalue weighted by Crippen LogP contribution is 2.22. The summed E-state index contributed by atoms with van der Waals surface area (Å²) in [6, 6.07) is 4.36. The number of thiophene rings is 1. The van der Waals surface area contributed by atoms with Crippen molar-refractivity contribution in [1.29, 1.82) is 0 Å². The standard InChI is InChI=1S/C14H24N2O2S2/c1-2-3-4-10-16-20(17,18)14-8-7-13(19-14)9-11-15-12-5-6-12/h7-8,12,15-16H,2-6,9-11H2,1H3. The van der Waals surface area contributed by atoms with Crippen LogP contribution in [0.5, 0.6) is 0 Å². The minimum atomic E-state index is -3.30. The molecule has 2 N–H and O–H groups in total. The zero-order chi connectivity index (χ0) is 14.4. The molecule has 0 radical (unpaired) electrons. The van der Waals surface area contributed by atoms with Crippen LogP contribution in [0.2, 0.25) is 0 Å². The molecule has 2 rings (SSSR count). The van der Waals surface area contributed by atoms with E-state index in [2.05, 4.69) is 17.0 Å². The molecule has 6 heteroatoms. The summed E-state index contributed by atoms with van der Waals surface area (Å²) in [5, 5.41) is 3.44. The Labute approximate surface area is 126 Å². The zero-order valence-electron chi connectivity index (χ0n) is 12.0. The maximum absolute atomic E-state index is 12.1. The smallest absolute Gasteiger partial charge is 0.250 e. The Balaban J connectivity index is 1.79. The van der Waals surface area contributed by atoms with Gasteiger partial charge in [-0.15, -0.1) is 11.3 Å². The van der Waals surface area contributed by atoms with Gasteiger partial charge in [0.05, 0.1) is 0 Å². The Bertz CT molecular complexity index is 507. The summed E-state index contributed by atoms with van der Waals surface area (Å²) in [5.41, 5.74) is 0. The fraction of sp³-hybridized carbons (Fsp3) is 0.714. The highest BCUT2D eigenvalue weighted by Gasteiger charge is 2.20. The molecule has 0 atom stereocenters. The lowest BCUT2D eigenvalue weighted by molar-refractivity contribution is 0.578. The van der Waals surface area contributed by atoms with Crippen molar-refractivity contribution in [3.8, 4) is 0 Å². The fourth-order valence-corrected chi connectivity index (χ4v) is 4.45. The minimum absolute atomic E-state index is 0.440. The van der Waals surface area contributed by atoms with Crippen molar-refractivity contribution in [2.24, 2.45) is 0 Å². The van der Waals surface area contributed by atoms with Gasteiger partial charge in [0.15, 0.2) is 0 Å². The molecule has 4 nitrogen and oxygen atoms in total. The Kier molecular flexibility index (Phi) is 6.01. The lowest BCUT2D eigenvalue weighted by atomic mass is 10.3. The van der Waals surface area contributed by atoms with Gasteiger partial charge in [-0.1, -0.05) is 19.8 Å². The topological polar surface area (TPSA) is 58.2 Å². The third kappa shape index (κ3) is 5.16. The number of hydrogen-bond acceptors (Lipinski definition) is 4. The van der Waals surface area contributed by atoms with Crippen LogP contribution in [-0.4, -0.2) is 27.5 Å². The number of sulfonamides is 1. The van der Waals surface area contributed by atoms with Gasteiger partial charge in [0, 0.05) is 24.0 Å². The first-order valence-corrected chi connectivity index (χ1v) is 9.73. The second kappa shape index (κ2) is 7.54. The number of hydrogen-bond donors (Lipinski definition) is 2. The van der Waals surface area contributed by atoms with Crippen molar-refractivity contribution >= 4 is 21.4 Å². The van der Waals surface area contributed by atoms with E-state index in [1.807, 2.05) is 6.07 Å². The van der Waals surface area contributed by atoms with Crippen LogP contribution in [0.3, 0.4) is 0 Å². The van der Waals surface area contributed by atoms with E-state index >= 15 is 0 Å². The first kappa shape index (κ1) is 15.9. The Hall–Kier alpha value is -0.430. The Morgan fingerprint density at radius 3 is 2.75 bits per heavy atom. The molecular formula is C14H24N2O2S2. The van der Waals surface area contributed by atoms with Crippen molar-refractivity contribution in [2.75, 3.05) is 13.1 Å². The second-order valence-electron chi connectivity index (χ2n) is 5.30. The van der Waals surface area contributed by atoms with Gasteiger partial charge < -0.3 is 5.32 Å². The highest BCUT2D eigenvalue weighted by atomic mass is 32.2. The van der Waals surface area contributed by atoms with E-state index < -0.39 is 10.0 Å². The molecule has 1 aliphatic rings. The molecule has 20 heavy (non-hydrogen) atoms. The van der Waals surface area contributed by atoms with Crippen LogP contribution in [0.25, 0.3) is 0 Å². The molecule has 0 bridgehead atoms. The maximum Gasteiger partial charge on any atom is 0.250 e. The summed E-state index contributed by atoms with van der Waals surface area (Å²) >= 11 is 1.39. The van der Waals surface area contributed by atoms with Gasteiger partial charge in [-0.25, -0.2) is 13.1 Å². The number of unbranched alkanes of at least 4 members (excludes halogenated alkanes) is 2. The van der Waals surface area contributed by atoms with Crippen LogP contribution < -0.4 is 10.0 Å². The van der Waals surface area contributed by atoms with E-state index in [4.69, 9.17) is 0 Å². The molecule has 0 saturated heterocycles. The van der Waals surface area contributed by atoms with Crippen molar-refractivity contribution in [3.05, 3.63) is 17.0 Å². The third-order valence-corrected chi connectivity index (χ3v) is 6.45. The highest BCUT2D eigenvalue weighted by molar-refractivity contribution is 7.91. The van der Waals surface area contributed by atoms with E-state index in [1.54, 1.807) is 6.07 Å². The molecule has 1 fully saturated rings. The van der Waals surface area contributed by atoms with E-state index in [1.165, 1.54) is 24.2 Å². The maximum atomic E-state index is 12.1. The largest absolute Gasteiger partial charge is 0.314 e. The van der Waals surface area contributed by atoms with Crippen LogP contribution in [0.4, 0.5) is 0 Å². The summed E-state index contributed by atoms with van der Waals surface area (Å²) in [6.45, 7) is 3.58. The van der Waals surface area contributed by atoms with Crippen LogP contribution in [-0.2, 0) is 16.4 Å². The van der Waals surface area contributed by atoms with Gasteiger partial charge in [0.1, 0.15) is 4.21 Å². The molecule has 1 heterocycles. The average Bonchev–Trinajstić information content (AvgIpc) is 3.10. The van der Waals surface area contributed by atoms with E-state index in [0.29, 0.717) is 16.8 Å². The molecule has 1 saturated carbocycles. The van der Waals surface area contributed by atoms with Crippen LogP contribution in [0.15, 0.2) is 16.3 Å². The van der Waals surface area contributed by atoms with E-state index in [0.717, 1.165) is 37.1 Å². The van der Waals surface area contributed by atoms with Gasteiger partial charge in [-0.3, -0.25) is 0 Å². The molecule has 0 aromatic carbocycles. The van der Waals surface area contributed by atoms with Gasteiger partial charge in [0.2, 0.25) is 10.0 Å². The summed E-state index contributed by atoms with van der Waals surface area (Å²) < 4.78 is 27.3. The quantitative estimate of drug-likeness (QED) is 0.652. The SMILES string of the molecule is CCCCCNS(=O)(=O)c1ccc(CCNC2CC2)s1. The summed E-state index contributed by atoms with van der Waals surface area (Å²) in [5.74, 6) is 0. The Morgan fingerprint density at radius 1 is 1.25 bits per heavy atom. The summed E-state index contributed by atoms with van der Waals surface area (Å²) in [7, 11) is -3.30. The van der Waals surface area contributed by atoms with Crippen LogP contribution in [0, 0.1) is 0 Å². The lowest BCUT2D eigenvalue weighted by Crippen LogP contribution is -2.23. The lowest BCUT2D eigenvalue weighted by Gasteiger charge is -2.04. The van der Waals surface area contributed by atoms with Crippen molar-refractivity contribution in [3.63, 3.8) is 0 Å². The molecule has 0 unspecified atom stereocenters. The third-order valence-electron chi connectivity index (χ3n) is 3.36. The molecule has 1 aromatic heterocycles. The first-order valence-electron chi connectivity index (χ1n) is 7.43. The molecular weight excluding hydrogens is 292 g/mol. The van der Waals surface area contributed by atoms with Gasteiger partial charge >= 0.3 is 0 Å². The summed E-state index contributed by atoms with van der Waals surface area (Å²) in [6.07, 6.45) is 6.53. The van der Waals surface area contributed by atoms with Crippen molar-refractivity contribution in [1.82, 2.24) is 10.0 Å². The minimum Gasteiger partial charge on any atom is -0.314 e. The zero-order valence-corrected chi connectivity index (χ0v) is 13.7. The van der Waals surface area contributed by atoms with Crippen molar-refractivity contribution in [2.45, 2.75) is 55.7 Å². The molecule has 1 aromatic rings. The van der Waals surface area contributed by atoms with Crippen LogP contribution >= 0.6 is 11.3 Å². The van der Waals surface area contributed by atoms with Gasteiger partial charge in [-0.2, -0.15) is 0 Å². The summed E-state index contributed by atoms with van der Waals surface area (Å²) in [4.78, 5) is 1.13. The Morgan fingerprint density at radius 2 is 2.05 bits per heavy atom. The van der Waals surface area contributed by atoms with E-state index in [-0.39, 0.29) is 0 Å². The molecule has 1 aliphatic carbocycles. The first-order chi connectivity index (χ1) is 9.62. The average molecular weight is 316 g/mol. The van der Waals surface area contributed by atoms with Gasteiger partial charge in [-0.05, 0) is 37.8 Å². The van der Waals surface area contributed by atoms with Crippen LogP contribution in [0.1, 0.15) is 43.9 Å². The van der Waals surface area contributed by atoms with Gasteiger partial charge in [0.25, 0.3) is 0 Å². The number of rotatable bonds is 10. The fourth-order valence-electron chi connectivity index (χ4n) is 1.98. The molecule has 0 amide bonds.